The smallest absolute Gasteiger partial charge is 0.0972 e. The van der Waals surface area contributed by atoms with Crippen LogP contribution in [0.3, 0.4) is 0 Å². The molecule has 1 aromatic rings. The fourth-order valence-corrected chi connectivity index (χ4v) is 1.47. The second-order valence-corrected chi connectivity index (χ2v) is 3.31. The first kappa shape index (κ1) is 10.3. The Bertz CT molecular complexity index is 307. The fraction of sp³-hybridized carbons (Fsp3) is 0.273. The van der Waals surface area contributed by atoms with Crippen LogP contribution in [0.15, 0.2) is 30.9 Å². The number of halogens is 1. The van der Waals surface area contributed by atoms with Crippen molar-refractivity contribution in [3.05, 3.63) is 47.0 Å². The van der Waals surface area contributed by atoms with Gasteiger partial charge in [-0.3, -0.25) is 0 Å². The normalized spacial score (nSPS) is 12.5. The summed E-state index contributed by atoms with van der Waals surface area (Å²) in [5.74, 6) is 0. The highest BCUT2D eigenvalue weighted by molar-refractivity contribution is 6.30. The summed E-state index contributed by atoms with van der Waals surface area (Å²) in [6.45, 7) is 5.59. The van der Waals surface area contributed by atoms with Gasteiger partial charge in [0.1, 0.15) is 0 Å². The van der Waals surface area contributed by atoms with E-state index in [4.69, 9.17) is 11.6 Å². The van der Waals surface area contributed by atoms with Gasteiger partial charge >= 0.3 is 0 Å². The van der Waals surface area contributed by atoms with E-state index in [-0.39, 0.29) is 0 Å². The number of aliphatic hydroxyl groups excluding tert-OH is 1. The van der Waals surface area contributed by atoms with Gasteiger partial charge in [-0.15, -0.1) is 6.58 Å². The summed E-state index contributed by atoms with van der Waals surface area (Å²) in [6, 6.07) is 5.55. The van der Waals surface area contributed by atoms with E-state index in [1.54, 1.807) is 6.07 Å². The number of rotatable bonds is 3. The number of aryl methyl sites for hydroxylation is 1. The van der Waals surface area contributed by atoms with Crippen LogP contribution < -0.4 is 0 Å². The van der Waals surface area contributed by atoms with Gasteiger partial charge in [-0.1, -0.05) is 30.7 Å². The summed E-state index contributed by atoms with van der Waals surface area (Å²) in [5, 5.41) is 10.2. The van der Waals surface area contributed by atoms with Crippen LogP contribution in [0.2, 0.25) is 5.02 Å². The quantitative estimate of drug-likeness (QED) is 0.737. The Kier molecular flexibility index (Phi) is 3.52. The average molecular weight is 197 g/mol. The summed E-state index contributed by atoms with van der Waals surface area (Å²) < 4.78 is 0. The third-order valence-electron chi connectivity index (χ3n) is 2.03. The third kappa shape index (κ3) is 2.33. The first-order valence-electron chi connectivity index (χ1n) is 4.28. The van der Waals surface area contributed by atoms with Gasteiger partial charge in [-0.2, -0.15) is 0 Å². The molecule has 1 aromatic carbocycles. The van der Waals surface area contributed by atoms with Gasteiger partial charge in [-0.05, 0) is 29.7 Å². The zero-order valence-electron chi connectivity index (χ0n) is 7.63. The Balaban J connectivity index is 3.14. The van der Waals surface area contributed by atoms with Gasteiger partial charge in [0, 0.05) is 5.02 Å². The minimum absolute atomic E-state index is 0.617. The van der Waals surface area contributed by atoms with E-state index in [0.29, 0.717) is 5.02 Å². The lowest BCUT2D eigenvalue weighted by Gasteiger charge is -2.11. The minimum atomic E-state index is -0.617. The summed E-state index contributed by atoms with van der Waals surface area (Å²) in [5.41, 5.74) is 1.96. The number of benzene rings is 1. The van der Waals surface area contributed by atoms with Crippen LogP contribution in [0, 0.1) is 0 Å². The van der Waals surface area contributed by atoms with Crippen LogP contribution in [-0.4, -0.2) is 5.11 Å². The SMILES string of the molecule is C=CC(O)c1cc(Cl)ccc1CC. The predicted molar refractivity (Wildman–Crippen MR) is 56.0 cm³/mol. The Morgan fingerprint density at radius 3 is 2.85 bits per heavy atom. The maximum atomic E-state index is 9.59. The lowest BCUT2D eigenvalue weighted by atomic mass is 10.0. The minimum Gasteiger partial charge on any atom is -0.384 e. The molecule has 70 valence electrons. The molecule has 0 aliphatic heterocycles. The van der Waals surface area contributed by atoms with Crippen molar-refractivity contribution in [1.29, 1.82) is 0 Å². The standard InChI is InChI=1S/C11H13ClO/c1-3-8-5-6-9(12)7-10(8)11(13)4-2/h4-7,11,13H,2-3H2,1H3. The van der Waals surface area contributed by atoms with Crippen LogP contribution in [0.5, 0.6) is 0 Å². The fourth-order valence-electron chi connectivity index (χ4n) is 1.29. The Morgan fingerprint density at radius 1 is 1.62 bits per heavy atom. The van der Waals surface area contributed by atoms with Crippen molar-refractivity contribution in [3.63, 3.8) is 0 Å². The second-order valence-electron chi connectivity index (χ2n) is 2.88. The third-order valence-corrected chi connectivity index (χ3v) is 2.27. The molecule has 0 radical (unpaired) electrons. The molecule has 0 aliphatic carbocycles. The van der Waals surface area contributed by atoms with E-state index in [0.717, 1.165) is 17.5 Å². The van der Waals surface area contributed by atoms with Crippen LogP contribution in [0.25, 0.3) is 0 Å². The molecule has 1 N–H and O–H groups in total. The molecule has 0 spiro atoms. The first-order valence-corrected chi connectivity index (χ1v) is 4.65. The first-order chi connectivity index (χ1) is 6.19. The molecular formula is C11H13ClO. The highest BCUT2D eigenvalue weighted by Gasteiger charge is 2.08. The Hall–Kier alpha value is -0.790. The number of hydrogen-bond donors (Lipinski definition) is 1. The molecule has 0 aromatic heterocycles. The van der Waals surface area contributed by atoms with Gasteiger partial charge in [0.2, 0.25) is 0 Å². The Morgan fingerprint density at radius 2 is 2.31 bits per heavy atom. The maximum Gasteiger partial charge on any atom is 0.0972 e. The van der Waals surface area contributed by atoms with E-state index in [9.17, 15) is 5.11 Å². The summed E-state index contributed by atoms with van der Waals surface area (Å²) >= 11 is 5.83. The largest absolute Gasteiger partial charge is 0.384 e. The monoisotopic (exact) mass is 196 g/mol. The summed E-state index contributed by atoms with van der Waals surface area (Å²) in [7, 11) is 0. The Labute approximate surface area is 83.7 Å². The van der Waals surface area contributed by atoms with E-state index >= 15 is 0 Å². The second kappa shape index (κ2) is 4.45. The lowest BCUT2D eigenvalue weighted by molar-refractivity contribution is 0.228. The molecule has 0 bridgehead atoms. The molecule has 0 heterocycles. The van der Waals surface area contributed by atoms with E-state index in [1.807, 2.05) is 19.1 Å². The van der Waals surface area contributed by atoms with Crippen molar-refractivity contribution < 1.29 is 5.11 Å². The van der Waals surface area contributed by atoms with Gasteiger partial charge in [0.25, 0.3) is 0 Å². The number of aliphatic hydroxyl groups is 1. The van der Waals surface area contributed by atoms with Gasteiger partial charge < -0.3 is 5.11 Å². The molecule has 0 aliphatic rings. The topological polar surface area (TPSA) is 20.2 Å². The molecule has 1 nitrogen and oxygen atoms in total. The van der Waals surface area contributed by atoms with E-state index < -0.39 is 6.10 Å². The molecule has 13 heavy (non-hydrogen) atoms. The van der Waals surface area contributed by atoms with Crippen molar-refractivity contribution in [2.24, 2.45) is 0 Å². The lowest BCUT2D eigenvalue weighted by Crippen LogP contribution is -1.98. The molecule has 0 saturated heterocycles. The molecule has 0 saturated carbocycles. The average Bonchev–Trinajstić information content (AvgIpc) is 2.16. The zero-order chi connectivity index (χ0) is 9.84. The van der Waals surface area contributed by atoms with Gasteiger partial charge in [0.15, 0.2) is 0 Å². The molecule has 1 atom stereocenters. The van der Waals surface area contributed by atoms with Crippen LogP contribution >= 0.6 is 11.6 Å². The number of hydrogen-bond acceptors (Lipinski definition) is 1. The van der Waals surface area contributed by atoms with Crippen LogP contribution in [-0.2, 0) is 6.42 Å². The molecule has 0 fully saturated rings. The molecule has 0 amide bonds. The van der Waals surface area contributed by atoms with Crippen molar-refractivity contribution in [2.75, 3.05) is 0 Å². The van der Waals surface area contributed by atoms with Crippen molar-refractivity contribution >= 4 is 11.6 Å². The van der Waals surface area contributed by atoms with Gasteiger partial charge in [-0.25, -0.2) is 0 Å². The molecular weight excluding hydrogens is 184 g/mol. The van der Waals surface area contributed by atoms with Crippen LogP contribution in [0.4, 0.5) is 0 Å². The van der Waals surface area contributed by atoms with Crippen molar-refractivity contribution in [1.82, 2.24) is 0 Å². The van der Waals surface area contributed by atoms with Crippen LogP contribution in [0.1, 0.15) is 24.2 Å². The summed E-state index contributed by atoms with van der Waals surface area (Å²) in [4.78, 5) is 0. The highest BCUT2D eigenvalue weighted by atomic mass is 35.5. The molecule has 1 rings (SSSR count). The summed E-state index contributed by atoms with van der Waals surface area (Å²) in [6.07, 6.45) is 1.77. The van der Waals surface area contributed by atoms with Crippen molar-refractivity contribution in [3.8, 4) is 0 Å². The zero-order valence-corrected chi connectivity index (χ0v) is 8.38. The molecule has 2 heteroatoms. The van der Waals surface area contributed by atoms with Gasteiger partial charge in [0.05, 0.1) is 6.10 Å². The molecule has 1 unspecified atom stereocenters. The predicted octanol–water partition coefficient (Wildman–Crippen LogP) is 3.12. The van der Waals surface area contributed by atoms with E-state index in [1.165, 1.54) is 6.08 Å². The maximum absolute atomic E-state index is 9.59. The highest BCUT2D eigenvalue weighted by Crippen LogP contribution is 2.23. The van der Waals surface area contributed by atoms with Crippen molar-refractivity contribution in [2.45, 2.75) is 19.4 Å². The van der Waals surface area contributed by atoms with E-state index in [2.05, 4.69) is 6.58 Å².